The molecule has 192 valence electrons. The normalized spacial score (nSPS) is 9.75. The molecule has 0 saturated carbocycles. The lowest BCUT2D eigenvalue weighted by molar-refractivity contribution is -0.00000873. The number of benzene rings is 2. The number of hydrogen-bond acceptors (Lipinski definition) is 5. The van der Waals surface area contributed by atoms with Crippen LogP contribution in [0.2, 0.25) is 0 Å². The molecule has 0 aliphatic rings. The number of aromatic amines is 1. The predicted molar refractivity (Wildman–Crippen MR) is 142 cm³/mol. The highest BCUT2D eigenvalue weighted by Gasteiger charge is 2.02. The van der Waals surface area contributed by atoms with Gasteiger partial charge >= 0.3 is 0 Å². The van der Waals surface area contributed by atoms with Crippen LogP contribution in [0, 0.1) is 44.1 Å². The van der Waals surface area contributed by atoms with Crippen LogP contribution in [-0.4, -0.2) is 19.9 Å². The van der Waals surface area contributed by atoms with E-state index in [-0.39, 0.29) is 24.0 Å². The van der Waals surface area contributed by atoms with E-state index in [0.717, 1.165) is 44.6 Å². The Hall–Kier alpha value is -2.39. The number of H-pyrrole nitrogens is 1. The maximum Gasteiger partial charge on any atom is 0.196 e. The summed E-state index contributed by atoms with van der Waals surface area (Å²) in [5, 5.41) is 0.762. The molecule has 4 nitrogen and oxygen atoms in total. The van der Waals surface area contributed by atoms with Gasteiger partial charge in [0.05, 0.1) is 0 Å². The summed E-state index contributed by atoms with van der Waals surface area (Å²) in [5.41, 5.74) is 6.34. The fourth-order valence-electron chi connectivity index (χ4n) is 2.42. The van der Waals surface area contributed by atoms with Crippen LogP contribution in [0.4, 0.5) is 8.78 Å². The van der Waals surface area contributed by atoms with E-state index < -0.39 is 0 Å². The Labute approximate surface area is 231 Å². The summed E-state index contributed by atoms with van der Waals surface area (Å²) >= 11 is 11.8. The van der Waals surface area contributed by atoms with Crippen LogP contribution in [0.25, 0.3) is 0 Å². The SMILES string of the molecule is Cc1cnc(=S)[nH]c1C.Cc1cnc(SCc2ccc(F)cc2)nc1C.Fc1ccc(CCl)cc1.[Cl-]. The van der Waals surface area contributed by atoms with Gasteiger partial charge in [0.1, 0.15) is 11.6 Å². The molecule has 4 aromatic rings. The molecule has 36 heavy (non-hydrogen) atoms. The zero-order valence-corrected chi connectivity index (χ0v) is 23.5. The Morgan fingerprint density at radius 3 is 1.83 bits per heavy atom. The molecule has 0 radical (unpaired) electrons. The molecule has 2 aromatic carbocycles. The fourth-order valence-corrected chi connectivity index (χ4v) is 3.62. The molecule has 0 aliphatic carbocycles. The second kappa shape index (κ2) is 16.4. The van der Waals surface area contributed by atoms with Crippen LogP contribution < -0.4 is 12.4 Å². The van der Waals surface area contributed by atoms with Crippen molar-refractivity contribution < 1.29 is 21.2 Å². The van der Waals surface area contributed by atoms with E-state index in [1.54, 1.807) is 42.2 Å². The maximum absolute atomic E-state index is 12.7. The third kappa shape index (κ3) is 11.6. The van der Waals surface area contributed by atoms with Crippen molar-refractivity contribution in [3.63, 3.8) is 0 Å². The molecule has 4 rings (SSSR count). The summed E-state index contributed by atoms with van der Waals surface area (Å²) in [6.07, 6.45) is 3.60. The molecule has 0 aliphatic heterocycles. The Bertz CT molecular complexity index is 1270. The number of hydrogen-bond donors (Lipinski definition) is 1. The minimum absolute atomic E-state index is 0. The van der Waals surface area contributed by atoms with E-state index >= 15 is 0 Å². The van der Waals surface area contributed by atoms with E-state index in [1.807, 2.05) is 33.9 Å². The predicted octanol–water partition coefficient (Wildman–Crippen LogP) is 4.85. The molecule has 0 spiro atoms. The average molecular weight is 569 g/mol. The van der Waals surface area contributed by atoms with E-state index in [2.05, 4.69) is 19.9 Å². The van der Waals surface area contributed by atoms with Gasteiger partial charge in [-0.1, -0.05) is 36.0 Å². The van der Waals surface area contributed by atoms with Crippen molar-refractivity contribution in [1.29, 1.82) is 0 Å². The molecular formula is C26H27Cl2F2N4S2-. The van der Waals surface area contributed by atoms with Crippen molar-refractivity contribution >= 4 is 35.6 Å². The van der Waals surface area contributed by atoms with Crippen molar-refractivity contribution in [2.24, 2.45) is 0 Å². The first-order chi connectivity index (χ1) is 16.7. The average Bonchev–Trinajstić information content (AvgIpc) is 2.85. The number of alkyl halides is 1. The zero-order valence-electron chi connectivity index (χ0n) is 20.4. The zero-order chi connectivity index (χ0) is 25.8. The minimum Gasteiger partial charge on any atom is -1.00 e. The molecule has 0 saturated heterocycles. The number of nitrogens with one attached hydrogen (secondary N) is 1. The van der Waals surface area contributed by atoms with Crippen LogP contribution in [0.1, 0.15) is 33.6 Å². The minimum atomic E-state index is -0.219. The van der Waals surface area contributed by atoms with Crippen LogP contribution >= 0.6 is 35.6 Å². The smallest absolute Gasteiger partial charge is 0.196 e. The van der Waals surface area contributed by atoms with Gasteiger partial charge in [0.25, 0.3) is 0 Å². The molecule has 0 bridgehead atoms. The van der Waals surface area contributed by atoms with Crippen LogP contribution in [0.3, 0.4) is 0 Å². The van der Waals surface area contributed by atoms with Gasteiger partial charge in [0.2, 0.25) is 0 Å². The van der Waals surface area contributed by atoms with Crippen molar-refractivity contribution in [2.75, 3.05) is 0 Å². The Balaban J connectivity index is 0.000000291. The first kappa shape index (κ1) is 31.6. The van der Waals surface area contributed by atoms with Crippen molar-refractivity contribution in [2.45, 2.75) is 44.5 Å². The van der Waals surface area contributed by atoms with E-state index in [4.69, 9.17) is 23.8 Å². The second-order valence-electron chi connectivity index (χ2n) is 7.59. The van der Waals surface area contributed by atoms with Gasteiger partial charge in [-0.15, -0.1) is 11.6 Å². The molecule has 0 amide bonds. The standard InChI is InChI=1S/C13H13FN2S.C7H6ClF.C6H8N2S.ClH/c1-9-7-15-13(16-10(9)2)17-8-11-3-5-12(14)6-4-11;8-5-6-1-3-7(9)4-2-6;1-4-3-7-6(9)8-5(4)2;/h3-7H,8H2,1-2H3;1-4H,5H2;3H,1-2H3,(H,7,8,9);1H/p-1. The third-order valence-corrected chi connectivity index (χ3v) is 6.26. The van der Waals surface area contributed by atoms with E-state index in [9.17, 15) is 8.78 Å². The highest BCUT2D eigenvalue weighted by atomic mass is 35.5. The summed E-state index contributed by atoms with van der Waals surface area (Å²) in [5.74, 6) is 0.772. The lowest BCUT2D eigenvalue weighted by atomic mass is 10.2. The largest absolute Gasteiger partial charge is 1.00 e. The highest BCUT2D eigenvalue weighted by Crippen LogP contribution is 2.20. The third-order valence-electron chi connectivity index (χ3n) is 4.81. The topological polar surface area (TPSA) is 54.5 Å². The van der Waals surface area contributed by atoms with Gasteiger partial charge in [0, 0.05) is 35.4 Å². The van der Waals surface area contributed by atoms with Crippen LogP contribution in [-0.2, 0) is 11.6 Å². The Morgan fingerprint density at radius 1 is 0.833 bits per heavy atom. The Morgan fingerprint density at radius 2 is 1.36 bits per heavy atom. The number of aryl methyl sites for hydroxylation is 4. The summed E-state index contributed by atoms with van der Waals surface area (Å²) in [6.45, 7) is 7.93. The summed E-state index contributed by atoms with van der Waals surface area (Å²) in [6, 6.07) is 12.6. The van der Waals surface area contributed by atoms with Crippen LogP contribution in [0.15, 0.2) is 66.1 Å². The number of thioether (sulfide) groups is 1. The number of aromatic nitrogens is 4. The molecule has 0 atom stereocenters. The van der Waals surface area contributed by atoms with Crippen molar-refractivity contribution in [1.82, 2.24) is 19.9 Å². The molecule has 2 heterocycles. The molecule has 10 heteroatoms. The van der Waals surface area contributed by atoms with Gasteiger partial charge < -0.3 is 17.4 Å². The molecular weight excluding hydrogens is 541 g/mol. The monoisotopic (exact) mass is 567 g/mol. The van der Waals surface area contributed by atoms with Gasteiger partial charge in [0.15, 0.2) is 9.93 Å². The summed E-state index contributed by atoms with van der Waals surface area (Å²) in [7, 11) is 0. The van der Waals surface area contributed by atoms with Crippen molar-refractivity contribution in [3.05, 3.63) is 111 Å². The van der Waals surface area contributed by atoms with Gasteiger partial charge in [-0.3, -0.25) is 0 Å². The summed E-state index contributed by atoms with van der Waals surface area (Å²) in [4.78, 5) is 15.5. The lowest BCUT2D eigenvalue weighted by Gasteiger charge is -2.03. The molecule has 2 aromatic heterocycles. The highest BCUT2D eigenvalue weighted by molar-refractivity contribution is 7.98. The number of halogens is 4. The fraction of sp³-hybridized carbons (Fsp3) is 0.231. The van der Waals surface area contributed by atoms with E-state index in [0.29, 0.717) is 10.7 Å². The van der Waals surface area contributed by atoms with E-state index in [1.165, 1.54) is 24.3 Å². The van der Waals surface area contributed by atoms with Crippen molar-refractivity contribution in [3.8, 4) is 0 Å². The Kier molecular flexibility index (Phi) is 14.4. The summed E-state index contributed by atoms with van der Waals surface area (Å²) < 4.78 is 25.4. The lowest BCUT2D eigenvalue weighted by Crippen LogP contribution is -3.00. The first-order valence-electron chi connectivity index (χ1n) is 10.7. The van der Waals surface area contributed by atoms with Gasteiger partial charge in [-0.05, 0) is 86.4 Å². The number of rotatable bonds is 4. The maximum atomic E-state index is 12.7. The second-order valence-corrected chi connectivity index (χ2v) is 9.19. The first-order valence-corrected chi connectivity index (χ1v) is 12.6. The molecule has 0 unspecified atom stereocenters. The molecule has 0 fully saturated rings. The quantitative estimate of drug-likeness (QED) is 0.165. The number of nitrogens with zero attached hydrogens (tertiary/aromatic N) is 3. The molecule has 1 N–H and O–H groups in total. The van der Waals surface area contributed by atoms with Crippen LogP contribution in [0.5, 0.6) is 0 Å². The van der Waals surface area contributed by atoms with Gasteiger partial charge in [-0.2, -0.15) is 0 Å². The van der Waals surface area contributed by atoms with Gasteiger partial charge in [-0.25, -0.2) is 23.7 Å².